The van der Waals surface area contributed by atoms with Crippen molar-refractivity contribution in [2.75, 3.05) is 5.73 Å². The van der Waals surface area contributed by atoms with Gasteiger partial charge in [0, 0.05) is 11.3 Å². The second-order valence-electron chi connectivity index (χ2n) is 4.94. The van der Waals surface area contributed by atoms with Crippen LogP contribution in [-0.4, -0.2) is 20.2 Å². The lowest BCUT2D eigenvalue weighted by Crippen LogP contribution is -2.06. The van der Waals surface area contributed by atoms with Gasteiger partial charge in [-0.25, -0.2) is 0 Å². The third-order valence-electron chi connectivity index (χ3n) is 3.59. The van der Waals surface area contributed by atoms with Crippen LogP contribution in [0.25, 0.3) is 17.1 Å². The molecule has 3 aromatic rings. The number of aromatic nitrogens is 4. The van der Waals surface area contributed by atoms with Crippen molar-refractivity contribution in [3.8, 4) is 17.1 Å². The molecule has 0 aliphatic rings. The minimum absolute atomic E-state index is 0.664. The molecular weight excluding hydrogens is 262 g/mol. The summed E-state index contributed by atoms with van der Waals surface area (Å²) in [5, 5.41) is 12.2. The molecular formula is C16H17N5. The first-order valence-corrected chi connectivity index (χ1v) is 6.94. The van der Waals surface area contributed by atoms with Crippen molar-refractivity contribution in [1.29, 1.82) is 0 Å². The molecule has 106 valence electrons. The maximum Gasteiger partial charge on any atom is 0.189 e. The quantitative estimate of drug-likeness (QED) is 0.748. The van der Waals surface area contributed by atoms with Gasteiger partial charge in [-0.1, -0.05) is 37.3 Å². The predicted molar refractivity (Wildman–Crippen MR) is 83.1 cm³/mol. The highest BCUT2D eigenvalue weighted by Crippen LogP contribution is 2.27. The van der Waals surface area contributed by atoms with Gasteiger partial charge < -0.3 is 5.73 Å². The van der Waals surface area contributed by atoms with Crippen LogP contribution >= 0.6 is 0 Å². The minimum atomic E-state index is 0.664. The Kier molecular flexibility index (Phi) is 3.39. The van der Waals surface area contributed by atoms with Gasteiger partial charge in [0.2, 0.25) is 0 Å². The maximum atomic E-state index is 6.06. The lowest BCUT2D eigenvalue weighted by atomic mass is 10.1. The zero-order chi connectivity index (χ0) is 14.8. The molecule has 1 aromatic heterocycles. The van der Waals surface area contributed by atoms with E-state index in [1.807, 2.05) is 24.3 Å². The number of aryl methyl sites for hydroxylation is 2. The molecule has 2 aromatic carbocycles. The Labute approximate surface area is 123 Å². The summed E-state index contributed by atoms with van der Waals surface area (Å²) in [6, 6.07) is 13.8. The van der Waals surface area contributed by atoms with Crippen molar-refractivity contribution in [3.63, 3.8) is 0 Å². The monoisotopic (exact) mass is 279 g/mol. The van der Waals surface area contributed by atoms with Crippen molar-refractivity contribution in [2.24, 2.45) is 0 Å². The summed E-state index contributed by atoms with van der Waals surface area (Å²) < 4.78 is 1.78. The summed E-state index contributed by atoms with van der Waals surface area (Å²) in [6.07, 6.45) is 0.917. The molecule has 5 nitrogen and oxygen atoms in total. The number of rotatable bonds is 3. The summed E-state index contributed by atoms with van der Waals surface area (Å²) in [6.45, 7) is 4.19. The topological polar surface area (TPSA) is 69.6 Å². The summed E-state index contributed by atoms with van der Waals surface area (Å²) in [5.74, 6) is 0.664. The van der Waals surface area contributed by atoms with E-state index in [0.29, 0.717) is 11.5 Å². The fourth-order valence-electron chi connectivity index (χ4n) is 2.51. The summed E-state index contributed by atoms with van der Waals surface area (Å²) in [5.41, 5.74) is 10.9. The number of nitrogens with two attached hydrogens (primary N) is 1. The Morgan fingerprint density at radius 2 is 1.90 bits per heavy atom. The van der Waals surface area contributed by atoms with E-state index in [0.717, 1.165) is 23.2 Å². The van der Waals surface area contributed by atoms with Crippen molar-refractivity contribution < 1.29 is 0 Å². The number of tetrazole rings is 1. The molecule has 0 spiro atoms. The van der Waals surface area contributed by atoms with Gasteiger partial charge in [0.1, 0.15) is 0 Å². The average molecular weight is 279 g/mol. The van der Waals surface area contributed by atoms with Crippen molar-refractivity contribution >= 4 is 5.69 Å². The normalized spacial score (nSPS) is 10.8. The van der Waals surface area contributed by atoms with E-state index in [4.69, 9.17) is 5.73 Å². The SMILES string of the molecule is CCc1cccc(C)c1-n1nnnc1-c1ccccc1N. The fourth-order valence-corrected chi connectivity index (χ4v) is 2.51. The van der Waals surface area contributed by atoms with Crippen molar-refractivity contribution in [3.05, 3.63) is 53.6 Å². The summed E-state index contributed by atoms with van der Waals surface area (Å²) in [7, 11) is 0. The molecule has 0 aliphatic heterocycles. The van der Waals surface area contributed by atoms with Gasteiger partial charge in [-0.2, -0.15) is 4.68 Å². The third-order valence-corrected chi connectivity index (χ3v) is 3.59. The first-order chi connectivity index (χ1) is 10.2. The first-order valence-electron chi connectivity index (χ1n) is 6.94. The van der Waals surface area contributed by atoms with Gasteiger partial charge in [0.25, 0.3) is 0 Å². The van der Waals surface area contributed by atoms with Crippen LogP contribution < -0.4 is 5.73 Å². The van der Waals surface area contributed by atoms with Gasteiger partial charge >= 0.3 is 0 Å². The number of hydrogen-bond donors (Lipinski definition) is 1. The van der Waals surface area contributed by atoms with Crippen LogP contribution in [-0.2, 0) is 6.42 Å². The van der Waals surface area contributed by atoms with Gasteiger partial charge in [-0.05, 0) is 47.0 Å². The molecule has 3 rings (SSSR count). The van der Waals surface area contributed by atoms with Crippen LogP contribution in [0.3, 0.4) is 0 Å². The largest absolute Gasteiger partial charge is 0.398 e. The Morgan fingerprint density at radius 1 is 1.10 bits per heavy atom. The average Bonchev–Trinajstić information content (AvgIpc) is 2.96. The molecule has 0 saturated heterocycles. The van der Waals surface area contributed by atoms with Gasteiger partial charge in [0.15, 0.2) is 5.82 Å². The Hall–Kier alpha value is -2.69. The van der Waals surface area contributed by atoms with E-state index >= 15 is 0 Å². The number of nitrogen functional groups attached to an aromatic ring is 1. The molecule has 0 unspecified atom stereocenters. The minimum Gasteiger partial charge on any atom is -0.398 e. The van der Waals surface area contributed by atoms with Crippen LogP contribution in [0.5, 0.6) is 0 Å². The van der Waals surface area contributed by atoms with Crippen molar-refractivity contribution in [2.45, 2.75) is 20.3 Å². The van der Waals surface area contributed by atoms with Gasteiger partial charge in [-0.15, -0.1) is 5.10 Å². The highest BCUT2D eigenvalue weighted by Gasteiger charge is 2.16. The molecule has 0 aliphatic carbocycles. The number of nitrogens with zero attached hydrogens (tertiary/aromatic N) is 4. The molecule has 0 saturated carbocycles. The van der Waals surface area contributed by atoms with Crippen LogP contribution in [0.15, 0.2) is 42.5 Å². The van der Waals surface area contributed by atoms with E-state index in [-0.39, 0.29) is 0 Å². The summed E-state index contributed by atoms with van der Waals surface area (Å²) in [4.78, 5) is 0. The Balaban J connectivity index is 2.24. The third kappa shape index (κ3) is 2.27. The van der Waals surface area contributed by atoms with Gasteiger partial charge in [0.05, 0.1) is 5.69 Å². The molecule has 21 heavy (non-hydrogen) atoms. The first kappa shape index (κ1) is 13.3. The molecule has 0 fully saturated rings. The van der Waals surface area contributed by atoms with Crippen LogP contribution in [0.1, 0.15) is 18.1 Å². The Bertz CT molecular complexity index is 776. The molecule has 2 N–H and O–H groups in total. The number of hydrogen-bond acceptors (Lipinski definition) is 4. The maximum absolute atomic E-state index is 6.06. The zero-order valence-corrected chi connectivity index (χ0v) is 12.1. The van der Waals surface area contributed by atoms with E-state index in [9.17, 15) is 0 Å². The molecule has 0 bridgehead atoms. The molecule has 0 atom stereocenters. The van der Waals surface area contributed by atoms with Crippen LogP contribution in [0.2, 0.25) is 0 Å². The molecule has 0 radical (unpaired) electrons. The fraction of sp³-hybridized carbons (Fsp3) is 0.188. The van der Waals surface area contributed by atoms with Crippen molar-refractivity contribution in [1.82, 2.24) is 20.2 Å². The van der Waals surface area contributed by atoms with Crippen LogP contribution in [0, 0.1) is 6.92 Å². The molecule has 1 heterocycles. The lowest BCUT2D eigenvalue weighted by Gasteiger charge is -2.13. The number of benzene rings is 2. The van der Waals surface area contributed by atoms with E-state index in [1.165, 1.54) is 5.56 Å². The molecule has 5 heteroatoms. The lowest BCUT2D eigenvalue weighted by molar-refractivity contribution is 0.779. The number of anilines is 1. The van der Waals surface area contributed by atoms with Crippen LogP contribution in [0.4, 0.5) is 5.69 Å². The molecule has 0 amide bonds. The van der Waals surface area contributed by atoms with E-state index < -0.39 is 0 Å². The number of para-hydroxylation sites is 2. The predicted octanol–water partition coefficient (Wildman–Crippen LogP) is 2.78. The smallest absolute Gasteiger partial charge is 0.189 e. The Morgan fingerprint density at radius 3 is 2.67 bits per heavy atom. The second-order valence-corrected chi connectivity index (χ2v) is 4.94. The second kappa shape index (κ2) is 5.36. The highest BCUT2D eigenvalue weighted by atomic mass is 15.5. The van der Waals surface area contributed by atoms with Gasteiger partial charge in [-0.3, -0.25) is 0 Å². The van der Waals surface area contributed by atoms with E-state index in [2.05, 4.69) is 47.6 Å². The standard InChI is InChI=1S/C16H17N5/c1-3-12-8-6-7-11(2)15(12)21-16(18-19-20-21)13-9-4-5-10-14(13)17/h4-10H,3,17H2,1-2H3. The summed E-state index contributed by atoms with van der Waals surface area (Å²) >= 11 is 0. The highest BCUT2D eigenvalue weighted by molar-refractivity contribution is 5.72. The van der Waals surface area contributed by atoms with E-state index in [1.54, 1.807) is 4.68 Å². The zero-order valence-electron chi connectivity index (χ0n) is 12.1.